The number of aromatic nitrogens is 1. The van der Waals surface area contributed by atoms with Gasteiger partial charge in [-0.2, -0.15) is 0 Å². The zero-order valence-corrected chi connectivity index (χ0v) is 12.4. The molecule has 0 spiro atoms. The number of rotatable bonds is 3. The number of hydrogen-bond acceptors (Lipinski definition) is 1. The molecule has 2 aromatic carbocycles. The topological polar surface area (TPSA) is 33.0 Å². The van der Waals surface area contributed by atoms with Crippen LogP contribution in [0.15, 0.2) is 79.0 Å². The van der Waals surface area contributed by atoms with Gasteiger partial charge in [-0.05, 0) is 37.3 Å². The van der Waals surface area contributed by atoms with E-state index in [4.69, 9.17) is 0 Å². The summed E-state index contributed by atoms with van der Waals surface area (Å²) >= 11 is 0. The minimum atomic E-state index is -0.131. The van der Waals surface area contributed by atoms with Crippen LogP contribution in [0.1, 0.15) is 15.9 Å². The van der Waals surface area contributed by atoms with Crippen LogP contribution in [-0.2, 0) is 0 Å². The lowest BCUT2D eigenvalue weighted by Crippen LogP contribution is -2.50. The molecule has 108 valence electrons. The molecule has 0 saturated heterocycles. The summed E-state index contributed by atoms with van der Waals surface area (Å²) in [5.74, 6) is -0.131. The van der Waals surface area contributed by atoms with Gasteiger partial charge in [0, 0.05) is 22.8 Å². The lowest BCUT2D eigenvalue weighted by Gasteiger charge is -2.05. The molecular formula is C19H17N2O+. The summed E-state index contributed by atoms with van der Waals surface area (Å²) in [6, 6.07) is 23.2. The minimum Gasteiger partial charge on any atom is -0.264 e. The molecule has 3 nitrogen and oxygen atoms in total. The average Bonchev–Trinajstić information content (AvgIpc) is 2.56. The first-order valence-corrected chi connectivity index (χ1v) is 7.18. The zero-order chi connectivity index (χ0) is 15.4. The highest BCUT2D eigenvalue weighted by Gasteiger charge is 2.17. The fourth-order valence-electron chi connectivity index (χ4n) is 2.31. The van der Waals surface area contributed by atoms with Gasteiger partial charge in [0.2, 0.25) is 11.9 Å². The highest BCUT2D eigenvalue weighted by atomic mass is 16.2. The third kappa shape index (κ3) is 3.04. The van der Waals surface area contributed by atoms with Gasteiger partial charge < -0.3 is 0 Å². The van der Waals surface area contributed by atoms with Crippen molar-refractivity contribution in [2.75, 3.05) is 5.43 Å². The Bertz CT molecular complexity index is 783. The second-order valence-corrected chi connectivity index (χ2v) is 5.13. The van der Waals surface area contributed by atoms with Crippen molar-refractivity contribution in [2.45, 2.75) is 6.92 Å². The second kappa shape index (κ2) is 6.22. The number of hydrogen-bond donors (Lipinski definition) is 1. The van der Waals surface area contributed by atoms with Crippen molar-refractivity contribution in [1.29, 1.82) is 0 Å². The molecule has 1 aromatic heterocycles. The number of benzene rings is 2. The van der Waals surface area contributed by atoms with Gasteiger partial charge in [-0.1, -0.05) is 41.1 Å². The standard InChI is InChI=1S/C19H16N2O/c1-15-12-13-18(16-8-4-2-5-9-16)21(14-15)20-19(22)17-10-6-3-7-11-17/h2-14H,1H3/p+1. The molecule has 0 aliphatic heterocycles. The first-order valence-electron chi connectivity index (χ1n) is 7.18. The number of carbonyl (C=O) groups is 1. The molecule has 0 radical (unpaired) electrons. The van der Waals surface area contributed by atoms with Crippen LogP contribution in [0.5, 0.6) is 0 Å². The smallest absolute Gasteiger partial charge is 0.264 e. The third-order valence-electron chi connectivity index (χ3n) is 3.42. The van der Waals surface area contributed by atoms with E-state index >= 15 is 0 Å². The third-order valence-corrected chi connectivity index (χ3v) is 3.42. The fraction of sp³-hybridized carbons (Fsp3) is 0.0526. The molecule has 0 unspecified atom stereocenters. The average molecular weight is 289 g/mol. The number of carbonyl (C=O) groups excluding carboxylic acids is 1. The Morgan fingerprint density at radius 2 is 1.50 bits per heavy atom. The summed E-state index contributed by atoms with van der Waals surface area (Å²) in [6.45, 7) is 2.00. The van der Waals surface area contributed by atoms with E-state index in [2.05, 4.69) is 5.43 Å². The summed E-state index contributed by atoms with van der Waals surface area (Å²) in [4.78, 5) is 12.4. The summed E-state index contributed by atoms with van der Waals surface area (Å²) in [6.07, 6.45) is 1.92. The van der Waals surface area contributed by atoms with Crippen molar-refractivity contribution in [3.8, 4) is 11.3 Å². The van der Waals surface area contributed by atoms with Crippen molar-refractivity contribution in [2.24, 2.45) is 0 Å². The van der Waals surface area contributed by atoms with Gasteiger partial charge in [-0.15, -0.1) is 5.43 Å². The number of pyridine rings is 1. The van der Waals surface area contributed by atoms with E-state index in [1.807, 2.05) is 73.8 Å². The maximum Gasteiger partial charge on any atom is 0.305 e. The normalized spacial score (nSPS) is 10.2. The Labute approximate surface area is 129 Å². The van der Waals surface area contributed by atoms with Gasteiger partial charge in [-0.25, -0.2) is 0 Å². The second-order valence-electron chi connectivity index (χ2n) is 5.13. The fourth-order valence-corrected chi connectivity index (χ4v) is 2.31. The molecule has 1 N–H and O–H groups in total. The van der Waals surface area contributed by atoms with Gasteiger partial charge in [0.1, 0.15) is 0 Å². The Morgan fingerprint density at radius 1 is 0.864 bits per heavy atom. The molecule has 0 fully saturated rings. The molecule has 0 aliphatic carbocycles. The van der Waals surface area contributed by atoms with Crippen LogP contribution in [0, 0.1) is 6.92 Å². The maximum atomic E-state index is 12.4. The molecular weight excluding hydrogens is 272 g/mol. The zero-order valence-electron chi connectivity index (χ0n) is 12.4. The van der Waals surface area contributed by atoms with Crippen LogP contribution >= 0.6 is 0 Å². The molecule has 3 rings (SSSR count). The summed E-state index contributed by atoms with van der Waals surface area (Å²) in [7, 11) is 0. The first-order chi connectivity index (χ1) is 10.7. The molecule has 0 atom stereocenters. The van der Waals surface area contributed by atoms with Crippen LogP contribution in [0.3, 0.4) is 0 Å². The van der Waals surface area contributed by atoms with E-state index in [-0.39, 0.29) is 5.91 Å². The van der Waals surface area contributed by atoms with Crippen molar-refractivity contribution < 1.29 is 9.47 Å². The molecule has 0 saturated carbocycles. The lowest BCUT2D eigenvalue weighted by molar-refractivity contribution is -0.630. The van der Waals surface area contributed by atoms with E-state index in [1.165, 1.54) is 0 Å². The van der Waals surface area contributed by atoms with Crippen LogP contribution in [0.4, 0.5) is 0 Å². The van der Waals surface area contributed by atoms with Crippen molar-refractivity contribution in [3.05, 3.63) is 90.1 Å². The van der Waals surface area contributed by atoms with Gasteiger partial charge in [0.25, 0.3) is 0 Å². The predicted octanol–water partition coefficient (Wildman–Crippen LogP) is 3.33. The Morgan fingerprint density at radius 3 is 2.18 bits per heavy atom. The molecule has 0 aliphatic rings. The Hall–Kier alpha value is -2.94. The lowest BCUT2D eigenvalue weighted by atomic mass is 10.1. The SMILES string of the molecule is Cc1ccc(-c2ccccc2)[n+](NC(=O)c2ccccc2)c1. The van der Waals surface area contributed by atoms with Gasteiger partial charge in [0.05, 0.1) is 0 Å². The van der Waals surface area contributed by atoms with Crippen LogP contribution in [0.2, 0.25) is 0 Å². The Kier molecular flexibility index (Phi) is 3.97. The van der Waals surface area contributed by atoms with E-state index in [0.717, 1.165) is 16.8 Å². The highest BCUT2D eigenvalue weighted by molar-refractivity contribution is 5.98. The van der Waals surface area contributed by atoms with E-state index in [9.17, 15) is 4.79 Å². The summed E-state index contributed by atoms with van der Waals surface area (Å²) in [5, 5.41) is 0. The van der Waals surface area contributed by atoms with Crippen LogP contribution in [0.25, 0.3) is 11.3 Å². The minimum absolute atomic E-state index is 0.131. The van der Waals surface area contributed by atoms with Gasteiger partial charge in [0.15, 0.2) is 0 Å². The van der Waals surface area contributed by atoms with Crippen LogP contribution in [-0.4, -0.2) is 5.91 Å². The van der Waals surface area contributed by atoms with E-state index in [0.29, 0.717) is 5.56 Å². The predicted molar refractivity (Wildman–Crippen MR) is 86.9 cm³/mol. The van der Waals surface area contributed by atoms with Crippen LogP contribution < -0.4 is 10.1 Å². The molecule has 1 heterocycles. The van der Waals surface area contributed by atoms with Gasteiger partial charge >= 0.3 is 5.91 Å². The number of aryl methyl sites for hydroxylation is 1. The number of nitrogens with zero attached hydrogens (tertiary/aromatic N) is 1. The maximum absolute atomic E-state index is 12.4. The monoisotopic (exact) mass is 289 g/mol. The summed E-state index contributed by atoms with van der Waals surface area (Å²) in [5.41, 5.74) is 6.65. The molecule has 3 aromatic rings. The molecule has 0 bridgehead atoms. The molecule has 22 heavy (non-hydrogen) atoms. The summed E-state index contributed by atoms with van der Waals surface area (Å²) < 4.78 is 1.78. The highest BCUT2D eigenvalue weighted by Crippen LogP contribution is 2.14. The number of amides is 1. The quantitative estimate of drug-likeness (QED) is 0.737. The van der Waals surface area contributed by atoms with E-state index < -0.39 is 0 Å². The largest absolute Gasteiger partial charge is 0.305 e. The molecule has 3 heteroatoms. The number of nitrogens with one attached hydrogen (secondary N) is 1. The van der Waals surface area contributed by atoms with Gasteiger partial charge in [-0.3, -0.25) is 4.79 Å². The van der Waals surface area contributed by atoms with Crippen molar-refractivity contribution >= 4 is 5.91 Å². The van der Waals surface area contributed by atoms with Crippen molar-refractivity contribution in [1.82, 2.24) is 0 Å². The van der Waals surface area contributed by atoms with E-state index in [1.54, 1.807) is 16.8 Å². The molecule has 1 amide bonds. The Balaban J connectivity index is 1.97. The van der Waals surface area contributed by atoms with Crippen molar-refractivity contribution in [3.63, 3.8) is 0 Å². The first kappa shape index (κ1) is 14.0.